The number of para-hydroxylation sites is 2. The fourth-order valence-corrected chi connectivity index (χ4v) is 3.76. The van der Waals surface area contributed by atoms with Crippen molar-refractivity contribution in [3.63, 3.8) is 0 Å². The molecule has 0 fully saturated rings. The van der Waals surface area contributed by atoms with E-state index in [0.29, 0.717) is 10.8 Å². The highest BCUT2D eigenvalue weighted by Gasteiger charge is 2.11. The molecule has 0 radical (unpaired) electrons. The number of aromatic amines is 2. The third-order valence-corrected chi connectivity index (χ3v) is 5.25. The molecule has 0 aliphatic carbocycles. The Bertz CT molecular complexity index is 1570. The highest BCUT2D eigenvalue weighted by molar-refractivity contribution is 6.00. The van der Waals surface area contributed by atoms with Crippen molar-refractivity contribution in [3.05, 3.63) is 107 Å². The number of fused-ring (bicyclic) bond motifs is 3. The second-order valence-corrected chi connectivity index (χ2v) is 7.33. The summed E-state index contributed by atoms with van der Waals surface area (Å²) in [5, 5.41) is 9.55. The summed E-state index contributed by atoms with van der Waals surface area (Å²) in [7, 11) is 0. The fraction of sp³-hybridized carbons (Fsp3) is 0.0385. The van der Waals surface area contributed by atoms with Crippen molar-refractivity contribution < 1.29 is 0 Å². The van der Waals surface area contributed by atoms with Crippen LogP contribution in [0.15, 0.2) is 95.9 Å². The minimum atomic E-state index is 0.0351. The number of aromatic nitrogens is 4. The van der Waals surface area contributed by atoms with Crippen LogP contribution in [0.25, 0.3) is 44.0 Å². The van der Waals surface area contributed by atoms with E-state index in [9.17, 15) is 4.79 Å². The summed E-state index contributed by atoms with van der Waals surface area (Å²) in [5.41, 5.74) is 5.48. The van der Waals surface area contributed by atoms with Crippen molar-refractivity contribution in [2.24, 2.45) is 0 Å². The molecule has 31 heavy (non-hydrogen) atoms. The Labute approximate surface area is 178 Å². The summed E-state index contributed by atoms with van der Waals surface area (Å²) in [6.45, 7) is 2.01. The molecule has 150 valence electrons. The van der Waals surface area contributed by atoms with Crippen molar-refractivity contribution >= 4 is 32.7 Å². The van der Waals surface area contributed by atoms with Crippen LogP contribution in [0.3, 0.4) is 0 Å². The molecule has 3 heterocycles. The third kappa shape index (κ3) is 3.57. The molecule has 0 aliphatic heterocycles. The topological polar surface area (TPSA) is 74.4 Å². The van der Waals surface area contributed by atoms with Gasteiger partial charge in [0.25, 0.3) is 0 Å². The van der Waals surface area contributed by atoms with Gasteiger partial charge in [0.1, 0.15) is 0 Å². The number of nitrogens with one attached hydrogen (secondary N) is 2. The van der Waals surface area contributed by atoms with Crippen LogP contribution in [0.4, 0.5) is 0 Å². The first-order valence-corrected chi connectivity index (χ1v) is 10.1. The Balaban J connectivity index is 0.000000157. The van der Waals surface area contributed by atoms with Crippen molar-refractivity contribution in [1.82, 2.24) is 20.2 Å². The molecule has 0 spiro atoms. The minimum Gasteiger partial charge on any atom is -0.354 e. The van der Waals surface area contributed by atoms with Crippen molar-refractivity contribution in [3.8, 4) is 11.3 Å². The number of rotatable bonds is 1. The molecule has 0 bridgehead atoms. The van der Waals surface area contributed by atoms with Crippen molar-refractivity contribution in [2.45, 2.75) is 6.92 Å². The Morgan fingerprint density at radius 2 is 1.58 bits per heavy atom. The summed E-state index contributed by atoms with van der Waals surface area (Å²) in [5.74, 6) is 0. The molecule has 0 saturated carbocycles. The molecular formula is C26H20N4O. The van der Waals surface area contributed by atoms with Crippen molar-refractivity contribution in [1.29, 1.82) is 0 Å². The Morgan fingerprint density at radius 3 is 2.45 bits per heavy atom. The summed E-state index contributed by atoms with van der Waals surface area (Å²) < 4.78 is 0. The number of H-pyrrole nitrogens is 2. The van der Waals surface area contributed by atoms with Crippen LogP contribution in [0, 0.1) is 6.92 Å². The van der Waals surface area contributed by atoms with E-state index in [1.807, 2.05) is 79.7 Å². The first kappa shape index (κ1) is 18.8. The summed E-state index contributed by atoms with van der Waals surface area (Å²) >= 11 is 0. The Kier molecular flexibility index (Phi) is 4.77. The highest BCUT2D eigenvalue weighted by atomic mass is 16.1. The Morgan fingerprint density at radius 1 is 0.774 bits per heavy atom. The van der Waals surface area contributed by atoms with E-state index >= 15 is 0 Å². The number of hydrogen-bond acceptors (Lipinski definition) is 3. The average molecular weight is 404 g/mol. The zero-order valence-electron chi connectivity index (χ0n) is 17.0. The van der Waals surface area contributed by atoms with Crippen LogP contribution in [-0.4, -0.2) is 20.2 Å². The van der Waals surface area contributed by atoms with Crippen LogP contribution in [-0.2, 0) is 0 Å². The van der Waals surface area contributed by atoms with Gasteiger partial charge in [0.05, 0.1) is 22.1 Å². The van der Waals surface area contributed by atoms with E-state index in [2.05, 4.69) is 32.3 Å². The first-order chi connectivity index (χ1) is 15.2. The lowest BCUT2D eigenvalue weighted by molar-refractivity contribution is 1.10. The maximum absolute atomic E-state index is 12.7. The van der Waals surface area contributed by atoms with Gasteiger partial charge in [0.2, 0.25) is 0 Å². The van der Waals surface area contributed by atoms with E-state index in [-0.39, 0.29) is 5.43 Å². The van der Waals surface area contributed by atoms with Gasteiger partial charge in [-0.25, -0.2) is 0 Å². The molecule has 5 heteroatoms. The molecule has 3 aromatic carbocycles. The maximum Gasteiger partial charge on any atom is 0.197 e. The number of aryl methyl sites for hydroxylation is 1. The average Bonchev–Trinajstić information content (AvgIpc) is 3.34. The lowest BCUT2D eigenvalue weighted by atomic mass is 10.0. The standard InChI is InChI=1S/C16H11N3O.C10H9N/c20-16-11-4-1-2-6-12(11)18-14-7-3-5-10(15(14)16)13-8-9-17-19-13;1-8-6-7-9-4-2-3-5-10(9)11-8/h1-9H,(H,17,19)(H,18,20);2-7H,1H3. The molecule has 0 unspecified atom stereocenters. The second-order valence-electron chi connectivity index (χ2n) is 7.33. The highest BCUT2D eigenvalue weighted by Crippen LogP contribution is 2.25. The number of benzene rings is 3. The number of nitrogens with zero attached hydrogens (tertiary/aromatic N) is 2. The van der Waals surface area contributed by atoms with E-state index in [1.54, 1.807) is 6.20 Å². The summed E-state index contributed by atoms with van der Waals surface area (Å²) in [6, 6.07) is 27.4. The summed E-state index contributed by atoms with van der Waals surface area (Å²) in [4.78, 5) is 20.4. The van der Waals surface area contributed by atoms with Gasteiger partial charge in [-0.15, -0.1) is 0 Å². The van der Waals surface area contributed by atoms with Gasteiger partial charge in [-0.05, 0) is 43.3 Å². The molecule has 6 rings (SSSR count). The zero-order valence-corrected chi connectivity index (χ0v) is 17.0. The number of pyridine rings is 2. The van der Waals surface area contributed by atoms with Gasteiger partial charge in [0, 0.05) is 33.7 Å². The molecule has 5 nitrogen and oxygen atoms in total. The van der Waals surface area contributed by atoms with Crippen LogP contribution in [0.5, 0.6) is 0 Å². The fourth-order valence-electron chi connectivity index (χ4n) is 3.76. The molecular weight excluding hydrogens is 384 g/mol. The molecule has 0 saturated heterocycles. The van der Waals surface area contributed by atoms with Crippen LogP contribution < -0.4 is 5.43 Å². The molecule has 6 aromatic rings. The smallest absolute Gasteiger partial charge is 0.197 e. The predicted molar refractivity (Wildman–Crippen MR) is 126 cm³/mol. The van der Waals surface area contributed by atoms with Gasteiger partial charge in [-0.1, -0.05) is 48.5 Å². The number of hydrogen-bond donors (Lipinski definition) is 2. The molecule has 3 aromatic heterocycles. The molecule has 2 N–H and O–H groups in total. The lowest BCUT2D eigenvalue weighted by Crippen LogP contribution is -2.05. The third-order valence-electron chi connectivity index (χ3n) is 5.25. The lowest BCUT2D eigenvalue weighted by Gasteiger charge is -2.06. The van der Waals surface area contributed by atoms with Gasteiger partial charge in [-0.2, -0.15) is 5.10 Å². The molecule has 0 amide bonds. The van der Waals surface area contributed by atoms with E-state index in [4.69, 9.17) is 0 Å². The van der Waals surface area contributed by atoms with E-state index in [0.717, 1.165) is 33.5 Å². The first-order valence-electron chi connectivity index (χ1n) is 10.1. The van der Waals surface area contributed by atoms with Crippen LogP contribution >= 0.6 is 0 Å². The molecule has 0 atom stereocenters. The largest absolute Gasteiger partial charge is 0.354 e. The van der Waals surface area contributed by atoms with Crippen LogP contribution in [0.2, 0.25) is 0 Å². The zero-order chi connectivity index (χ0) is 21.2. The minimum absolute atomic E-state index is 0.0351. The summed E-state index contributed by atoms with van der Waals surface area (Å²) in [6.07, 6.45) is 1.75. The Hall–Kier alpha value is -4.25. The second kappa shape index (κ2) is 7.88. The van der Waals surface area contributed by atoms with Crippen LogP contribution in [0.1, 0.15) is 5.69 Å². The monoisotopic (exact) mass is 404 g/mol. The normalized spacial score (nSPS) is 10.9. The van der Waals surface area contributed by atoms with E-state index < -0.39 is 0 Å². The quantitative estimate of drug-likeness (QED) is 0.350. The SMILES string of the molecule is Cc1ccc2ccccc2n1.O=c1c2ccccc2[nH]c2cccc(-c3cc[nH]n3)c12. The maximum atomic E-state index is 12.7. The predicted octanol–water partition coefficient (Wildman–Crippen LogP) is 5.61. The van der Waals surface area contributed by atoms with Gasteiger partial charge >= 0.3 is 0 Å². The van der Waals surface area contributed by atoms with Crippen molar-refractivity contribution in [2.75, 3.05) is 0 Å². The molecule has 0 aliphatic rings. The van der Waals surface area contributed by atoms with E-state index in [1.165, 1.54) is 5.39 Å². The van der Waals surface area contributed by atoms with Gasteiger partial charge in [0.15, 0.2) is 5.43 Å². The van der Waals surface area contributed by atoms with Gasteiger partial charge in [-0.3, -0.25) is 14.9 Å². The van der Waals surface area contributed by atoms with Gasteiger partial charge < -0.3 is 4.98 Å².